The predicted molar refractivity (Wildman–Crippen MR) is 57.2 cm³/mol. The molecule has 0 radical (unpaired) electrons. The van der Waals surface area contributed by atoms with Gasteiger partial charge in [-0.3, -0.25) is 0 Å². The summed E-state index contributed by atoms with van der Waals surface area (Å²) >= 11 is 6.00. The highest BCUT2D eigenvalue weighted by Gasteiger charge is 2.05. The molecule has 0 amide bonds. The number of halogens is 1. The van der Waals surface area contributed by atoms with Crippen LogP contribution in [-0.2, 0) is 0 Å². The maximum Gasteiger partial charge on any atom is 0.145 e. The van der Waals surface area contributed by atoms with Gasteiger partial charge in [0.2, 0.25) is 0 Å². The van der Waals surface area contributed by atoms with E-state index >= 15 is 0 Å². The molecule has 0 aliphatic heterocycles. The van der Waals surface area contributed by atoms with Gasteiger partial charge < -0.3 is 5.73 Å². The minimum Gasteiger partial charge on any atom is -0.322 e. The molecule has 2 aromatic rings. The topological polar surface area (TPSA) is 51.8 Å². The molecule has 0 aliphatic carbocycles. The lowest BCUT2D eigenvalue weighted by Gasteiger charge is -2.05. The number of benzene rings is 1. The van der Waals surface area contributed by atoms with Crippen molar-refractivity contribution in [2.75, 3.05) is 0 Å². The SMILES string of the molecule is CC(N)c1ncc2cccc(Cl)c2n1. The third kappa shape index (κ3) is 1.56. The highest BCUT2D eigenvalue weighted by atomic mass is 35.5. The van der Waals surface area contributed by atoms with Crippen molar-refractivity contribution < 1.29 is 0 Å². The standard InChI is InChI=1S/C10H10ClN3/c1-6(12)10-13-5-7-3-2-4-8(11)9(7)14-10/h2-6H,12H2,1H3. The van der Waals surface area contributed by atoms with Crippen molar-refractivity contribution in [2.45, 2.75) is 13.0 Å². The molecule has 0 aliphatic rings. The van der Waals surface area contributed by atoms with Gasteiger partial charge >= 0.3 is 0 Å². The summed E-state index contributed by atoms with van der Waals surface area (Å²) in [5.74, 6) is 0.616. The Kier molecular flexibility index (Phi) is 2.35. The molecule has 2 N–H and O–H groups in total. The third-order valence-electron chi connectivity index (χ3n) is 1.99. The normalized spacial score (nSPS) is 13.1. The number of hydrogen-bond donors (Lipinski definition) is 1. The monoisotopic (exact) mass is 207 g/mol. The highest BCUT2D eigenvalue weighted by molar-refractivity contribution is 6.34. The molecule has 0 saturated heterocycles. The fraction of sp³-hybridized carbons (Fsp3) is 0.200. The second-order valence-electron chi connectivity index (χ2n) is 3.19. The number of fused-ring (bicyclic) bond motifs is 1. The van der Waals surface area contributed by atoms with Crippen LogP contribution in [0.25, 0.3) is 10.9 Å². The summed E-state index contributed by atoms with van der Waals surface area (Å²) in [6.45, 7) is 1.85. The van der Waals surface area contributed by atoms with Gasteiger partial charge in [0.1, 0.15) is 5.82 Å². The van der Waals surface area contributed by atoms with Crippen LogP contribution in [0, 0.1) is 0 Å². The number of nitrogens with zero attached hydrogens (tertiary/aromatic N) is 2. The zero-order valence-electron chi connectivity index (χ0n) is 7.74. The Morgan fingerprint density at radius 2 is 2.21 bits per heavy atom. The van der Waals surface area contributed by atoms with Gasteiger partial charge in [-0.1, -0.05) is 23.7 Å². The smallest absolute Gasteiger partial charge is 0.145 e. The quantitative estimate of drug-likeness (QED) is 0.781. The van der Waals surface area contributed by atoms with Crippen LogP contribution in [-0.4, -0.2) is 9.97 Å². The van der Waals surface area contributed by atoms with Crippen LogP contribution >= 0.6 is 11.6 Å². The first-order valence-electron chi connectivity index (χ1n) is 4.35. The number of hydrogen-bond acceptors (Lipinski definition) is 3. The molecule has 1 aromatic carbocycles. The van der Waals surface area contributed by atoms with Crippen LogP contribution < -0.4 is 5.73 Å². The number of para-hydroxylation sites is 1. The minimum absolute atomic E-state index is 0.171. The van der Waals surface area contributed by atoms with Crippen molar-refractivity contribution in [1.29, 1.82) is 0 Å². The Morgan fingerprint density at radius 3 is 2.93 bits per heavy atom. The van der Waals surface area contributed by atoms with Gasteiger partial charge in [-0.05, 0) is 13.0 Å². The fourth-order valence-electron chi connectivity index (χ4n) is 1.25. The van der Waals surface area contributed by atoms with E-state index in [4.69, 9.17) is 17.3 Å². The van der Waals surface area contributed by atoms with Gasteiger partial charge in [0, 0.05) is 11.6 Å². The van der Waals surface area contributed by atoms with Crippen LogP contribution in [0.3, 0.4) is 0 Å². The Labute approximate surface area is 86.9 Å². The van der Waals surface area contributed by atoms with Crippen molar-refractivity contribution >= 4 is 22.5 Å². The van der Waals surface area contributed by atoms with E-state index in [1.165, 1.54) is 0 Å². The summed E-state index contributed by atoms with van der Waals surface area (Å²) in [5, 5.41) is 1.56. The molecule has 1 heterocycles. The first-order valence-corrected chi connectivity index (χ1v) is 4.73. The van der Waals surface area contributed by atoms with Gasteiger partial charge in [-0.15, -0.1) is 0 Å². The van der Waals surface area contributed by atoms with E-state index in [9.17, 15) is 0 Å². The van der Waals surface area contributed by atoms with E-state index in [0.717, 1.165) is 10.9 Å². The zero-order chi connectivity index (χ0) is 10.1. The Hall–Kier alpha value is -1.19. The van der Waals surface area contributed by atoms with Gasteiger partial charge in [-0.25, -0.2) is 9.97 Å². The molecule has 3 nitrogen and oxygen atoms in total. The van der Waals surface area contributed by atoms with Crippen molar-refractivity contribution in [1.82, 2.24) is 9.97 Å². The molecule has 0 fully saturated rings. The van der Waals surface area contributed by atoms with Gasteiger partial charge in [-0.2, -0.15) is 0 Å². The molecule has 1 atom stereocenters. The maximum absolute atomic E-state index is 6.00. The van der Waals surface area contributed by atoms with E-state index in [2.05, 4.69) is 9.97 Å². The Bertz CT molecular complexity index is 468. The van der Waals surface area contributed by atoms with Crippen molar-refractivity contribution in [3.05, 3.63) is 35.2 Å². The van der Waals surface area contributed by atoms with Crippen LogP contribution in [0.5, 0.6) is 0 Å². The van der Waals surface area contributed by atoms with Crippen molar-refractivity contribution in [3.63, 3.8) is 0 Å². The summed E-state index contributed by atoms with van der Waals surface area (Å²) in [4.78, 5) is 8.46. The summed E-state index contributed by atoms with van der Waals surface area (Å²) in [6.07, 6.45) is 1.74. The van der Waals surface area contributed by atoms with E-state index in [1.807, 2.05) is 25.1 Å². The Balaban J connectivity index is 2.70. The average Bonchev–Trinajstić information content (AvgIpc) is 2.18. The van der Waals surface area contributed by atoms with E-state index in [1.54, 1.807) is 6.20 Å². The van der Waals surface area contributed by atoms with Crippen LogP contribution in [0.4, 0.5) is 0 Å². The molecule has 0 bridgehead atoms. The lowest BCUT2D eigenvalue weighted by atomic mass is 10.2. The van der Waals surface area contributed by atoms with Crippen LogP contribution in [0.1, 0.15) is 18.8 Å². The molecule has 4 heteroatoms. The van der Waals surface area contributed by atoms with Crippen molar-refractivity contribution in [2.24, 2.45) is 5.73 Å². The second-order valence-corrected chi connectivity index (χ2v) is 3.60. The number of rotatable bonds is 1. The summed E-state index contributed by atoms with van der Waals surface area (Å²) in [6, 6.07) is 5.43. The van der Waals surface area contributed by atoms with Crippen LogP contribution in [0.2, 0.25) is 5.02 Å². The van der Waals surface area contributed by atoms with E-state index < -0.39 is 0 Å². The van der Waals surface area contributed by atoms with Gasteiger partial charge in [0.25, 0.3) is 0 Å². The van der Waals surface area contributed by atoms with Crippen molar-refractivity contribution in [3.8, 4) is 0 Å². The van der Waals surface area contributed by atoms with Gasteiger partial charge in [0.05, 0.1) is 16.6 Å². The van der Waals surface area contributed by atoms with E-state index in [0.29, 0.717) is 10.8 Å². The first kappa shape index (κ1) is 9.37. The number of nitrogens with two attached hydrogens (primary N) is 1. The molecule has 14 heavy (non-hydrogen) atoms. The number of aromatic nitrogens is 2. The molecule has 1 aromatic heterocycles. The van der Waals surface area contributed by atoms with Gasteiger partial charge in [0.15, 0.2) is 0 Å². The fourth-order valence-corrected chi connectivity index (χ4v) is 1.48. The Morgan fingerprint density at radius 1 is 1.43 bits per heavy atom. The summed E-state index contributed by atoms with van der Waals surface area (Å²) < 4.78 is 0. The first-order chi connectivity index (χ1) is 6.68. The molecule has 0 saturated carbocycles. The highest BCUT2D eigenvalue weighted by Crippen LogP contribution is 2.21. The maximum atomic E-state index is 6.00. The van der Waals surface area contributed by atoms with E-state index in [-0.39, 0.29) is 6.04 Å². The third-order valence-corrected chi connectivity index (χ3v) is 2.29. The molecular weight excluding hydrogens is 198 g/mol. The van der Waals surface area contributed by atoms with Crippen LogP contribution in [0.15, 0.2) is 24.4 Å². The molecule has 1 unspecified atom stereocenters. The largest absolute Gasteiger partial charge is 0.322 e. The summed E-state index contributed by atoms with van der Waals surface area (Å²) in [5.41, 5.74) is 6.45. The molecular formula is C10H10ClN3. The molecule has 72 valence electrons. The lowest BCUT2D eigenvalue weighted by molar-refractivity contribution is 0.746. The minimum atomic E-state index is -0.171. The second kappa shape index (κ2) is 3.52. The predicted octanol–water partition coefficient (Wildman–Crippen LogP) is 2.30. The molecule has 2 rings (SSSR count). The lowest BCUT2D eigenvalue weighted by Crippen LogP contribution is -2.09. The molecule has 0 spiro atoms. The zero-order valence-corrected chi connectivity index (χ0v) is 8.49. The summed E-state index contributed by atoms with van der Waals surface area (Å²) in [7, 11) is 0. The average molecular weight is 208 g/mol.